The number of hydrogen-bond acceptors (Lipinski definition) is 6. The lowest BCUT2D eigenvalue weighted by Gasteiger charge is -2.29. The predicted molar refractivity (Wildman–Crippen MR) is 120 cm³/mol. The van der Waals surface area contributed by atoms with Crippen LogP contribution < -0.4 is 11.0 Å². The molecule has 0 amide bonds. The van der Waals surface area contributed by atoms with Crippen molar-refractivity contribution in [1.82, 2.24) is 9.55 Å². The topological polar surface area (TPSA) is 68.5 Å². The summed E-state index contributed by atoms with van der Waals surface area (Å²) >= 11 is 1.54. The summed E-state index contributed by atoms with van der Waals surface area (Å²) in [5.41, 5.74) is 6.58. The smallest absolute Gasteiger partial charge is 0.268 e. The first-order valence-corrected chi connectivity index (χ1v) is 10.7. The van der Waals surface area contributed by atoms with E-state index in [4.69, 9.17) is 9.72 Å². The van der Waals surface area contributed by atoms with E-state index in [0.29, 0.717) is 24.4 Å². The highest BCUT2D eigenvalue weighted by atomic mass is 32.1. The Morgan fingerprint density at radius 1 is 1.34 bits per heavy atom. The Labute approximate surface area is 174 Å². The Balaban J connectivity index is 1.97. The highest BCUT2D eigenvalue weighted by molar-refractivity contribution is 7.18. The van der Waals surface area contributed by atoms with Gasteiger partial charge in [-0.3, -0.25) is 4.79 Å². The molecular formula is C22H26N4O2S. The molecule has 0 aliphatic carbocycles. The van der Waals surface area contributed by atoms with Gasteiger partial charge in [0.25, 0.3) is 5.56 Å². The number of ether oxygens (including phenoxy) is 1. The van der Waals surface area contributed by atoms with Crippen LogP contribution in [0.4, 0.5) is 5.95 Å². The molecule has 0 atom stereocenters. The number of aryl methyl sites for hydroxylation is 1. The maximum atomic E-state index is 13.7. The van der Waals surface area contributed by atoms with Crippen LogP contribution in [0, 0.1) is 6.92 Å². The number of nitrogens with zero attached hydrogens (tertiary/aromatic N) is 3. The van der Waals surface area contributed by atoms with Gasteiger partial charge in [0.05, 0.1) is 23.3 Å². The van der Waals surface area contributed by atoms with Crippen molar-refractivity contribution in [1.29, 1.82) is 0 Å². The summed E-state index contributed by atoms with van der Waals surface area (Å²) in [5.74, 6) is 0.429. The quantitative estimate of drug-likeness (QED) is 0.495. The fourth-order valence-corrected chi connectivity index (χ4v) is 4.52. The number of hydrazone groups is 1. The third kappa shape index (κ3) is 3.72. The van der Waals surface area contributed by atoms with Gasteiger partial charge in [-0.05, 0) is 51.8 Å². The molecule has 0 fully saturated rings. The molecule has 152 valence electrons. The lowest BCUT2D eigenvalue weighted by atomic mass is 9.94. The number of hydrogen-bond donors (Lipinski definition) is 1. The van der Waals surface area contributed by atoms with Crippen LogP contribution in [0.1, 0.15) is 50.1 Å². The second-order valence-electron chi connectivity index (χ2n) is 8.13. The summed E-state index contributed by atoms with van der Waals surface area (Å²) in [7, 11) is 0. The van der Waals surface area contributed by atoms with Crippen LogP contribution in [0.3, 0.4) is 0 Å². The van der Waals surface area contributed by atoms with Gasteiger partial charge < -0.3 is 4.74 Å². The summed E-state index contributed by atoms with van der Waals surface area (Å²) in [6, 6.07) is 7.88. The van der Waals surface area contributed by atoms with Crippen molar-refractivity contribution in [3.63, 3.8) is 0 Å². The van der Waals surface area contributed by atoms with Crippen molar-refractivity contribution in [3.8, 4) is 5.69 Å². The number of fused-ring (bicyclic) bond motifs is 3. The van der Waals surface area contributed by atoms with Crippen LogP contribution in [0.15, 0.2) is 34.2 Å². The maximum absolute atomic E-state index is 13.7. The molecule has 6 nitrogen and oxygen atoms in total. The number of thiophene rings is 1. The minimum absolute atomic E-state index is 0.0686. The minimum Gasteiger partial charge on any atom is -0.370 e. The van der Waals surface area contributed by atoms with Gasteiger partial charge in [0, 0.05) is 17.0 Å². The molecule has 1 aliphatic rings. The SMILES string of the molecule is CC/C(C)=N\Nc1nc2sc3c(c2c(=O)n1-c1ccc(C)cc1)CC(C)(C)OC3. The van der Waals surface area contributed by atoms with Gasteiger partial charge in [0.15, 0.2) is 0 Å². The molecule has 3 aromatic rings. The van der Waals surface area contributed by atoms with Gasteiger partial charge in [-0.25, -0.2) is 15.0 Å². The van der Waals surface area contributed by atoms with Crippen molar-refractivity contribution in [2.24, 2.45) is 5.10 Å². The zero-order valence-corrected chi connectivity index (χ0v) is 18.3. The molecule has 0 bridgehead atoms. The second-order valence-corrected chi connectivity index (χ2v) is 9.22. The third-order valence-electron chi connectivity index (χ3n) is 5.26. The van der Waals surface area contributed by atoms with E-state index in [9.17, 15) is 4.79 Å². The molecular weight excluding hydrogens is 384 g/mol. The molecule has 2 aromatic heterocycles. The van der Waals surface area contributed by atoms with E-state index in [-0.39, 0.29) is 11.2 Å². The highest BCUT2D eigenvalue weighted by Gasteiger charge is 2.31. The Bertz CT molecular complexity index is 1160. The molecule has 1 aromatic carbocycles. The second kappa shape index (κ2) is 7.39. The first kappa shape index (κ1) is 19.8. The van der Waals surface area contributed by atoms with Gasteiger partial charge in [-0.1, -0.05) is 24.6 Å². The van der Waals surface area contributed by atoms with E-state index < -0.39 is 0 Å². The maximum Gasteiger partial charge on any atom is 0.268 e. The lowest BCUT2D eigenvalue weighted by Crippen LogP contribution is -2.32. The van der Waals surface area contributed by atoms with E-state index in [1.807, 2.05) is 45.0 Å². The number of anilines is 1. The van der Waals surface area contributed by atoms with Crippen molar-refractivity contribution in [3.05, 3.63) is 50.6 Å². The van der Waals surface area contributed by atoms with Crippen LogP contribution in [-0.2, 0) is 17.8 Å². The Morgan fingerprint density at radius 3 is 2.76 bits per heavy atom. The zero-order chi connectivity index (χ0) is 20.8. The lowest BCUT2D eigenvalue weighted by molar-refractivity contribution is -0.0379. The summed E-state index contributed by atoms with van der Waals surface area (Å²) in [6.45, 7) is 10.7. The molecule has 4 rings (SSSR count). The van der Waals surface area contributed by atoms with Gasteiger partial charge in [0.1, 0.15) is 4.83 Å². The first-order chi connectivity index (χ1) is 13.8. The Kier molecular flexibility index (Phi) is 5.04. The van der Waals surface area contributed by atoms with Crippen molar-refractivity contribution < 1.29 is 4.74 Å². The molecule has 1 aliphatic heterocycles. The van der Waals surface area contributed by atoms with Gasteiger partial charge in [-0.2, -0.15) is 5.10 Å². The fourth-order valence-electron chi connectivity index (χ4n) is 3.43. The zero-order valence-electron chi connectivity index (χ0n) is 17.5. The van der Waals surface area contributed by atoms with E-state index in [1.165, 1.54) is 11.3 Å². The Morgan fingerprint density at radius 2 is 2.07 bits per heavy atom. The molecule has 0 saturated carbocycles. The third-order valence-corrected chi connectivity index (χ3v) is 6.35. The number of benzene rings is 1. The molecule has 0 radical (unpaired) electrons. The van der Waals surface area contributed by atoms with Crippen LogP contribution in [0.25, 0.3) is 15.9 Å². The molecule has 29 heavy (non-hydrogen) atoms. The summed E-state index contributed by atoms with van der Waals surface area (Å²) in [4.78, 5) is 20.3. The molecule has 0 unspecified atom stereocenters. The van der Waals surface area contributed by atoms with Gasteiger partial charge in [0.2, 0.25) is 5.95 Å². The van der Waals surface area contributed by atoms with E-state index in [2.05, 4.69) is 24.4 Å². The van der Waals surface area contributed by atoms with Gasteiger partial charge in [-0.15, -0.1) is 11.3 Å². The van der Waals surface area contributed by atoms with Crippen molar-refractivity contribution in [2.75, 3.05) is 5.43 Å². The molecule has 7 heteroatoms. The Hall–Kier alpha value is -2.51. The van der Waals surface area contributed by atoms with Crippen LogP contribution in [0.2, 0.25) is 0 Å². The van der Waals surface area contributed by atoms with Crippen LogP contribution >= 0.6 is 11.3 Å². The van der Waals surface area contributed by atoms with Crippen molar-refractivity contribution in [2.45, 2.75) is 59.7 Å². The van der Waals surface area contributed by atoms with Gasteiger partial charge >= 0.3 is 0 Å². The molecule has 1 N–H and O–H groups in total. The molecule has 3 heterocycles. The summed E-state index contributed by atoms with van der Waals surface area (Å²) < 4.78 is 7.58. The molecule has 0 spiro atoms. The van der Waals surface area contributed by atoms with E-state index >= 15 is 0 Å². The number of aromatic nitrogens is 2. The van der Waals surface area contributed by atoms with E-state index in [0.717, 1.165) is 38.7 Å². The average Bonchev–Trinajstić information content (AvgIpc) is 3.03. The van der Waals surface area contributed by atoms with Crippen molar-refractivity contribution >= 4 is 33.2 Å². The number of nitrogens with one attached hydrogen (secondary N) is 1. The standard InChI is InChI=1S/C22H26N4O2S/c1-6-14(3)24-25-21-23-19-18(16-11-22(4,5)28-12-17(16)29-19)20(27)26(21)15-9-7-13(2)8-10-15/h7-10H,6,11-12H2,1-5H3,(H,23,25)/b24-14-. The fraction of sp³-hybridized carbons (Fsp3) is 0.409. The highest BCUT2D eigenvalue weighted by Crippen LogP contribution is 2.37. The predicted octanol–water partition coefficient (Wildman–Crippen LogP) is 4.80. The van der Waals surface area contributed by atoms with E-state index in [1.54, 1.807) is 4.57 Å². The summed E-state index contributed by atoms with van der Waals surface area (Å²) in [6.07, 6.45) is 1.52. The number of rotatable bonds is 4. The normalized spacial score (nSPS) is 16.1. The largest absolute Gasteiger partial charge is 0.370 e. The monoisotopic (exact) mass is 410 g/mol. The van der Waals surface area contributed by atoms with Crippen LogP contribution in [0.5, 0.6) is 0 Å². The summed E-state index contributed by atoms with van der Waals surface area (Å²) in [5, 5.41) is 5.09. The average molecular weight is 411 g/mol. The molecule has 0 saturated heterocycles. The minimum atomic E-state index is -0.290. The first-order valence-electron chi connectivity index (χ1n) is 9.86. The van der Waals surface area contributed by atoms with Crippen LogP contribution in [-0.4, -0.2) is 20.9 Å².